The van der Waals surface area contributed by atoms with Crippen LogP contribution in [0.5, 0.6) is 0 Å². The van der Waals surface area contributed by atoms with Gasteiger partial charge in [0, 0.05) is 39.1 Å². The third-order valence-electron chi connectivity index (χ3n) is 3.42. The first-order chi connectivity index (χ1) is 8.58. The third-order valence-corrected chi connectivity index (χ3v) is 5.63. The normalized spacial score (nSPS) is 15.2. The van der Waals surface area contributed by atoms with Gasteiger partial charge in [-0.1, -0.05) is 50.6 Å². The van der Waals surface area contributed by atoms with Crippen LogP contribution in [-0.4, -0.2) is 25.2 Å². The van der Waals surface area contributed by atoms with Crippen molar-refractivity contribution >= 4 is 15.6 Å². The maximum absolute atomic E-state index is 12.0. The molecule has 0 unspecified atom stereocenters. The van der Waals surface area contributed by atoms with Crippen molar-refractivity contribution in [2.75, 3.05) is 5.75 Å². The van der Waals surface area contributed by atoms with Gasteiger partial charge in [-0.2, -0.15) is 0 Å². The van der Waals surface area contributed by atoms with Crippen LogP contribution in [-0.2, 0) is 53.8 Å². The van der Waals surface area contributed by atoms with E-state index in [1.165, 1.54) is 0 Å². The largest absolute Gasteiger partial charge is 0.298 e. The smallest absolute Gasteiger partial charge is 0.160 e. The Bertz CT molecular complexity index is 505. The summed E-state index contributed by atoms with van der Waals surface area (Å²) in [4.78, 5) is 11.8. The number of sulfone groups is 1. The van der Waals surface area contributed by atoms with Gasteiger partial charge >= 0.3 is 0 Å². The molecule has 1 fully saturated rings. The summed E-state index contributed by atoms with van der Waals surface area (Å²) in [6.07, 6.45) is 3.60. The Labute approximate surface area is 147 Å². The van der Waals surface area contributed by atoms with Crippen LogP contribution in [0.4, 0.5) is 0 Å². The van der Waals surface area contributed by atoms with Gasteiger partial charge in [-0.15, -0.1) is 0 Å². The minimum atomic E-state index is -3.23. The van der Waals surface area contributed by atoms with Crippen LogP contribution in [0.2, 0.25) is 0 Å². The first kappa shape index (κ1) is 19.9. The molecule has 5 heteroatoms. The van der Waals surface area contributed by atoms with Crippen LogP contribution >= 0.6 is 0 Å². The summed E-state index contributed by atoms with van der Waals surface area (Å²) in [6, 6.07) is 9.28. The second kappa shape index (κ2) is 9.06. The number of carbonyl (C=O) groups excluding carboxylic acids is 1. The van der Waals surface area contributed by atoms with Crippen molar-refractivity contribution in [2.45, 2.75) is 44.8 Å². The molecule has 0 saturated heterocycles. The summed E-state index contributed by atoms with van der Waals surface area (Å²) in [6.45, 7) is 0. The van der Waals surface area contributed by atoms with E-state index in [0.717, 1.165) is 31.2 Å². The predicted molar refractivity (Wildman–Crippen MR) is 77.9 cm³/mol. The average Bonchev–Trinajstić information content (AvgIpc) is 2.83. The van der Waals surface area contributed by atoms with Gasteiger partial charge in [-0.3, -0.25) is 4.79 Å². The number of carbonyl (C=O) groups is 1. The van der Waals surface area contributed by atoms with Gasteiger partial charge in [-0.05, 0) is 18.4 Å². The molecule has 3 nitrogen and oxygen atoms in total. The van der Waals surface area contributed by atoms with E-state index in [1.807, 2.05) is 30.3 Å². The first-order valence-electron chi connectivity index (χ1n) is 6.35. The van der Waals surface area contributed by atoms with Crippen molar-refractivity contribution in [2.24, 2.45) is 0 Å². The number of benzene rings is 1. The second-order valence-electron chi connectivity index (χ2n) is 4.91. The topological polar surface area (TPSA) is 51.2 Å². The standard InChI is InChI=1S/C14H18O3S.CH4.Y/c15-13(10-12-6-2-1-3-7-12)11-18(16,17)14-8-4-5-9-14;;/h1-3,6-7,14H,4-5,8-11H2;1H4;. The molecule has 1 aliphatic rings. The minimum Gasteiger partial charge on any atom is -0.298 e. The summed E-state index contributed by atoms with van der Waals surface area (Å²) in [5.74, 6) is -0.500. The quantitative estimate of drug-likeness (QED) is 0.800. The number of hydrogen-bond donors (Lipinski definition) is 0. The number of rotatable bonds is 5. The Kier molecular flexibility index (Phi) is 9.04. The van der Waals surface area contributed by atoms with Crippen LogP contribution in [0, 0.1) is 0 Å². The fourth-order valence-corrected chi connectivity index (χ4v) is 4.30. The Hall–Kier alpha value is -0.0561. The van der Waals surface area contributed by atoms with E-state index in [0.29, 0.717) is 0 Å². The molecule has 1 aliphatic carbocycles. The molecule has 1 saturated carbocycles. The molecular formula is C15H22O3SY. The van der Waals surface area contributed by atoms with Crippen molar-refractivity contribution in [3.8, 4) is 0 Å². The molecule has 2 rings (SSSR count). The van der Waals surface area contributed by atoms with Gasteiger partial charge in [0.2, 0.25) is 0 Å². The number of ketones is 1. The molecule has 109 valence electrons. The number of hydrogen-bond acceptors (Lipinski definition) is 3. The van der Waals surface area contributed by atoms with Gasteiger partial charge in [0.25, 0.3) is 0 Å². The van der Waals surface area contributed by atoms with Crippen molar-refractivity contribution in [1.29, 1.82) is 0 Å². The summed E-state index contributed by atoms with van der Waals surface area (Å²) < 4.78 is 24.0. The van der Waals surface area contributed by atoms with Crippen molar-refractivity contribution < 1.29 is 45.9 Å². The Morgan fingerprint density at radius 3 is 2.20 bits per heavy atom. The molecule has 0 heterocycles. The van der Waals surface area contributed by atoms with E-state index in [-0.39, 0.29) is 63.3 Å². The van der Waals surface area contributed by atoms with Gasteiger partial charge in [-0.25, -0.2) is 8.42 Å². The van der Waals surface area contributed by atoms with Crippen LogP contribution in [0.1, 0.15) is 38.7 Å². The molecule has 1 radical (unpaired) electrons. The fourth-order valence-electron chi connectivity index (χ4n) is 2.46. The zero-order valence-electron chi connectivity index (χ0n) is 10.9. The van der Waals surface area contributed by atoms with Gasteiger partial charge in [0.15, 0.2) is 15.6 Å². The van der Waals surface area contributed by atoms with Gasteiger partial charge in [0.1, 0.15) is 5.75 Å². The molecule has 1 aromatic carbocycles. The monoisotopic (exact) mass is 371 g/mol. The van der Waals surface area contributed by atoms with Crippen LogP contribution in [0.25, 0.3) is 0 Å². The summed E-state index contributed by atoms with van der Waals surface area (Å²) in [5, 5.41) is -0.280. The van der Waals surface area contributed by atoms with Crippen LogP contribution < -0.4 is 0 Å². The maximum Gasteiger partial charge on any atom is 0.160 e. The van der Waals surface area contributed by atoms with Crippen molar-refractivity contribution in [3.05, 3.63) is 35.9 Å². The molecular weight excluding hydrogens is 349 g/mol. The minimum absolute atomic E-state index is 0. The SMILES string of the molecule is C.O=C(Cc1ccccc1)CS(=O)(=O)C1CCCC1.[Y]. The van der Waals surface area contributed by atoms with Crippen molar-refractivity contribution in [3.63, 3.8) is 0 Å². The van der Waals surface area contributed by atoms with E-state index < -0.39 is 9.84 Å². The second-order valence-corrected chi connectivity index (χ2v) is 7.20. The summed E-state index contributed by atoms with van der Waals surface area (Å²) in [7, 11) is -3.23. The van der Waals surface area contributed by atoms with E-state index in [4.69, 9.17) is 0 Å². The van der Waals surface area contributed by atoms with Crippen molar-refractivity contribution in [1.82, 2.24) is 0 Å². The molecule has 0 spiro atoms. The fraction of sp³-hybridized carbons (Fsp3) is 0.533. The molecule has 1 aromatic rings. The average molecular weight is 371 g/mol. The van der Waals surface area contributed by atoms with E-state index in [1.54, 1.807) is 0 Å². The molecule has 0 atom stereocenters. The van der Waals surface area contributed by atoms with Gasteiger partial charge in [0.05, 0.1) is 5.25 Å². The molecule has 0 aliphatic heterocycles. The van der Waals surface area contributed by atoms with E-state index in [9.17, 15) is 13.2 Å². The Morgan fingerprint density at radius 2 is 1.65 bits per heavy atom. The zero-order valence-corrected chi connectivity index (χ0v) is 14.6. The molecule has 0 bridgehead atoms. The molecule has 0 N–H and O–H groups in total. The predicted octanol–water partition coefficient (Wildman–Crippen LogP) is 2.79. The van der Waals surface area contributed by atoms with E-state index >= 15 is 0 Å². The summed E-state index contributed by atoms with van der Waals surface area (Å²) in [5.41, 5.74) is 0.879. The Morgan fingerprint density at radius 1 is 1.10 bits per heavy atom. The zero-order chi connectivity index (χ0) is 13.0. The van der Waals surface area contributed by atoms with Crippen LogP contribution in [0.3, 0.4) is 0 Å². The Balaban J connectivity index is 0.00000180. The molecule has 20 heavy (non-hydrogen) atoms. The van der Waals surface area contributed by atoms with Crippen LogP contribution in [0.15, 0.2) is 30.3 Å². The first-order valence-corrected chi connectivity index (χ1v) is 8.07. The molecule has 0 amide bonds. The third kappa shape index (κ3) is 5.75. The molecule has 0 aromatic heterocycles. The van der Waals surface area contributed by atoms with Gasteiger partial charge < -0.3 is 0 Å². The number of Topliss-reactive ketones (excluding diaryl/α,β-unsaturated/α-hetero) is 1. The van der Waals surface area contributed by atoms with E-state index in [2.05, 4.69) is 0 Å². The maximum atomic E-state index is 12.0. The summed E-state index contributed by atoms with van der Waals surface area (Å²) >= 11 is 0.